The van der Waals surface area contributed by atoms with Crippen LogP contribution in [0.3, 0.4) is 0 Å². The summed E-state index contributed by atoms with van der Waals surface area (Å²) in [4.78, 5) is 4.70. The molecule has 1 aromatic rings. The molecule has 0 amide bonds. The number of nitrogens with two attached hydrogens (primary N) is 1. The largest absolute Gasteiger partial charge is 0.373 e. The lowest BCUT2D eigenvalue weighted by Crippen LogP contribution is -2.39. The average molecular weight is 279 g/mol. The molecule has 0 radical (unpaired) electrons. The van der Waals surface area contributed by atoms with Crippen LogP contribution in [0, 0.1) is 5.82 Å². The van der Waals surface area contributed by atoms with Crippen molar-refractivity contribution in [1.29, 1.82) is 0 Å². The maximum absolute atomic E-state index is 14.0. The van der Waals surface area contributed by atoms with E-state index in [1.54, 1.807) is 6.07 Å². The van der Waals surface area contributed by atoms with Crippen LogP contribution in [0.5, 0.6) is 0 Å². The Bertz CT molecular complexity index is 436. The summed E-state index contributed by atoms with van der Waals surface area (Å²) in [6, 6.07) is 5.89. The highest BCUT2D eigenvalue weighted by atomic mass is 19.1. The predicted molar refractivity (Wildman–Crippen MR) is 82.7 cm³/mol. The predicted octanol–water partition coefficient (Wildman–Crippen LogP) is 2.25. The van der Waals surface area contributed by atoms with Gasteiger partial charge in [-0.3, -0.25) is 4.90 Å². The van der Waals surface area contributed by atoms with E-state index in [4.69, 9.17) is 5.73 Å². The van der Waals surface area contributed by atoms with Gasteiger partial charge in [0, 0.05) is 30.9 Å². The maximum atomic E-state index is 14.0. The summed E-state index contributed by atoms with van der Waals surface area (Å²) in [5.74, 6) is -0.140. The highest BCUT2D eigenvalue weighted by Crippen LogP contribution is 2.25. The molecule has 1 aliphatic heterocycles. The van der Waals surface area contributed by atoms with Gasteiger partial charge in [-0.1, -0.05) is 13.0 Å². The molecule has 0 aromatic heterocycles. The molecule has 1 fully saturated rings. The van der Waals surface area contributed by atoms with E-state index in [1.807, 2.05) is 6.07 Å². The topological polar surface area (TPSA) is 32.5 Å². The van der Waals surface area contributed by atoms with Gasteiger partial charge in [-0.25, -0.2) is 4.39 Å². The molecule has 20 heavy (non-hydrogen) atoms. The van der Waals surface area contributed by atoms with Gasteiger partial charge in [-0.15, -0.1) is 0 Å². The third-order valence-corrected chi connectivity index (χ3v) is 4.29. The molecule has 1 unspecified atom stereocenters. The number of rotatable bonds is 6. The fourth-order valence-corrected chi connectivity index (χ4v) is 3.23. The second kappa shape index (κ2) is 7.04. The van der Waals surface area contributed by atoms with Crippen molar-refractivity contribution in [1.82, 2.24) is 4.90 Å². The third-order valence-electron chi connectivity index (χ3n) is 4.29. The van der Waals surface area contributed by atoms with E-state index in [0.717, 1.165) is 24.3 Å². The van der Waals surface area contributed by atoms with Crippen molar-refractivity contribution in [2.75, 3.05) is 38.1 Å². The molecule has 1 aliphatic rings. The molecule has 112 valence electrons. The zero-order valence-corrected chi connectivity index (χ0v) is 12.6. The van der Waals surface area contributed by atoms with E-state index in [2.05, 4.69) is 23.8 Å². The van der Waals surface area contributed by atoms with E-state index in [9.17, 15) is 4.39 Å². The molecule has 3 nitrogen and oxygen atoms in total. The van der Waals surface area contributed by atoms with Gasteiger partial charge in [0.15, 0.2) is 0 Å². The third kappa shape index (κ3) is 3.30. The number of likely N-dealkylation sites (N-methyl/N-ethyl adjacent to an activating group) is 2. The molecule has 0 saturated carbocycles. The van der Waals surface area contributed by atoms with Gasteiger partial charge in [-0.05, 0) is 51.0 Å². The van der Waals surface area contributed by atoms with Crippen LogP contribution in [0.2, 0.25) is 0 Å². The minimum Gasteiger partial charge on any atom is -0.373 e. The first-order valence-corrected chi connectivity index (χ1v) is 7.60. The molecule has 4 heteroatoms. The van der Waals surface area contributed by atoms with Gasteiger partial charge in [0.1, 0.15) is 5.82 Å². The number of likely N-dealkylation sites (tertiary alicyclic amines) is 1. The molecule has 1 atom stereocenters. The number of hydrogen-bond donors (Lipinski definition) is 1. The second-order valence-corrected chi connectivity index (χ2v) is 5.58. The first-order valence-electron chi connectivity index (χ1n) is 7.60. The van der Waals surface area contributed by atoms with Crippen molar-refractivity contribution in [3.8, 4) is 0 Å². The summed E-state index contributed by atoms with van der Waals surface area (Å²) in [5.41, 5.74) is 7.35. The standard InChI is InChI=1S/C16H26FN3/c1-3-20-11-5-6-13(20)12-19(2)16-8-4-7-15(17)14(16)9-10-18/h4,7-8,13H,3,5-6,9-12,18H2,1-2H3. The normalized spacial score (nSPS) is 19.5. The molecule has 2 N–H and O–H groups in total. The zero-order valence-electron chi connectivity index (χ0n) is 12.6. The Labute approximate surface area is 121 Å². The summed E-state index contributed by atoms with van der Waals surface area (Å²) < 4.78 is 14.0. The van der Waals surface area contributed by atoms with Crippen molar-refractivity contribution in [3.05, 3.63) is 29.6 Å². The number of hydrogen-bond acceptors (Lipinski definition) is 3. The number of nitrogens with zero attached hydrogens (tertiary/aromatic N) is 2. The SMILES string of the molecule is CCN1CCCC1CN(C)c1cccc(F)c1CCN. The molecule has 2 rings (SSSR count). The molecule has 1 heterocycles. The first kappa shape index (κ1) is 15.3. The monoisotopic (exact) mass is 279 g/mol. The van der Waals surface area contributed by atoms with E-state index < -0.39 is 0 Å². The van der Waals surface area contributed by atoms with Gasteiger partial charge in [0.2, 0.25) is 0 Å². The van der Waals surface area contributed by atoms with Crippen molar-refractivity contribution >= 4 is 5.69 Å². The van der Waals surface area contributed by atoms with Crippen LogP contribution in [0.15, 0.2) is 18.2 Å². The first-order chi connectivity index (χ1) is 9.67. The number of anilines is 1. The van der Waals surface area contributed by atoms with Gasteiger partial charge in [0.25, 0.3) is 0 Å². The summed E-state index contributed by atoms with van der Waals surface area (Å²) >= 11 is 0. The van der Waals surface area contributed by atoms with Crippen LogP contribution >= 0.6 is 0 Å². The molecule has 0 aliphatic carbocycles. The summed E-state index contributed by atoms with van der Waals surface area (Å²) in [7, 11) is 2.06. The van der Waals surface area contributed by atoms with Gasteiger partial charge in [-0.2, -0.15) is 0 Å². The molecule has 0 bridgehead atoms. The minimum absolute atomic E-state index is 0.140. The van der Waals surface area contributed by atoms with Crippen LogP contribution in [0.4, 0.5) is 10.1 Å². The van der Waals surface area contributed by atoms with Crippen molar-refractivity contribution in [3.63, 3.8) is 0 Å². The van der Waals surface area contributed by atoms with Gasteiger partial charge in [0.05, 0.1) is 0 Å². The average Bonchev–Trinajstić information content (AvgIpc) is 2.88. The van der Waals surface area contributed by atoms with Crippen molar-refractivity contribution in [2.24, 2.45) is 5.73 Å². The maximum Gasteiger partial charge on any atom is 0.128 e. The minimum atomic E-state index is -0.140. The lowest BCUT2D eigenvalue weighted by Gasteiger charge is -2.30. The van der Waals surface area contributed by atoms with Crippen LogP contribution in [-0.4, -0.2) is 44.2 Å². The summed E-state index contributed by atoms with van der Waals surface area (Å²) in [6.07, 6.45) is 3.10. The number of benzene rings is 1. The van der Waals surface area contributed by atoms with E-state index in [-0.39, 0.29) is 5.82 Å². The van der Waals surface area contributed by atoms with Crippen LogP contribution in [0.1, 0.15) is 25.3 Å². The Kier molecular flexibility index (Phi) is 5.38. The van der Waals surface area contributed by atoms with Gasteiger partial charge < -0.3 is 10.6 Å². The molecular weight excluding hydrogens is 253 g/mol. The Morgan fingerprint density at radius 1 is 1.45 bits per heavy atom. The van der Waals surface area contributed by atoms with E-state index >= 15 is 0 Å². The van der Waals surface area contributed by atoms with Crippen LogP contribution in [-0.2, 0) is 6.42 Å². The second-order valence-electron chi connectivity index (χ2n) is 5.58. The Hall–Kier alpha value is -1.13. The Morgan fingerprint density at radius 2 is 2.25 bits per heavy atom. The lowest BCUT2D eigenvalue weighted by molar-refractivity contribution is 0.270. The lowest BCUT2D eigenvalue weighted by atomic mass is 10.1. The van der Waals surface area contributed by atoms with Crippen LogP contribution < -0.4 is 10.6 Å². The smallest absolute Gasteiger partial charge is 0.128 e. The fourth-order valence-electron chi connectivity index (χ4n) is 3.23. The summed E-state index contributed by atoms with van der Waals surface area (Å²) in [6.45, 7) is 5.92. The van der Waals surface area contributed by atoms with Crippen molar-refractivity contribution in [2.45, 2.75) is 32.2 Å². The van der Waals surface area contributed by atoms with Gasteiger partial charge >= 0.3 is 0 Å². The molecule has 1 saturated heterocycles. The van der Waals surface area contributed by atoms with Crippen LogP contribution in [0.25, 0.3) is 0 Å². The molecule has 0 spiro atoms. The number of halogens is 1. The van der Waals surface area contributed by atoms with E-state index in [0.29, 0.717) is 19.0 Å². The molecule has 1 aromatic carbocycles. The summed E-state index contributed by atoms with van der Waals surface area (Å²) in [5, 5.41) is 0. The fraction of sp³-hybridized carbons (Fsp3) is 0.625. The Balaban J connectivity index is 2.12. The Morgan fingerprint density at radius 3 is 2.95 bits per heavy atom. The zero-order chi connectivity index (χ0) is 14.5. The van der Waals surface area contributed by atoms with Crippen molar-refractivity contribution < 1.29 is 4.39 Å². The quantitative estimate of drug-likeness (QED) is 0.867. The van der Waals surface area contributed by atoms with E-state index in [1.165, 1.54) is 25.5 Å². The highest BCUT2D eigenvalue weighted by Gasteiger charge is 2.25. The molecular formula is C16H26FN3. The highest BCUT2D eigenvalue weighted by molar-refractivity contribution is 5.54.